The molecule has 2 aliphatic rings. The third-order valence-corrected chi connectivity index (χ3v) is 4.61. The van der Waals surface area contributed by atoms with Crippen LogP contribution < -0.4 is 0 Å². The zero-order valence-corrected chi connectivity index (χ0v) is 12.8. The normalized spacial score (nSPS) is 18.3. The Bertz CT molecular complexity index is 681. The van der Waals surface area contributed by atoms with E-state index >= 15 is 0 Å². The number of amides is 1. The fraction of sp³-hybridized carbons (Fsp3) is 0.471. The van der Waals surface area contributed by atoms with E-state index in [2.05, 4.69) is 41.5 Å². The Balaban J connectivity index is 1.38. The molecule has 1 saturated heterocycles. The van der Waals surface area contributed by atoms with Crippen molar-refractivity contribution in [3.8, 4) is 11.3 Å². The molecule has 1 saturated carbocycles. The van der Waals surface area contributed by atoms with Gasteiger partial charge in [-0.1, -0.05) is 35.0 Å². The van der Waals surface area contributed by atoms with E-state index in [1.807, 2.05) is 15.8 Å². The van der Waals surface area contributed by atoms with Crippen LogP contribution in [0.4, 0.5) is 0 Å². The molecule has 0 atom stereocenters. The molecular formula is C17H20N4O. The van der Waals surface area contributed by atoms with E-state index in [4.69, 9.17) is 0 Å². The Kier molecular flexibility index (Phi) is 3.21. The number of hydrogen-bond acceptors (Lipinski definition) is 3. The number of nitrogens with zero attached hydrogens (tertiary/aromatic N) is 4. The molecule has 0 N–H and O–H groups in total. The first-order valence-electron chi connectivity index (χ1n) is 7.96. The standard InChI is InChI=1S/C17H20N4O/c1-12-2-6-14(7-3-12)16-11-21(19-18-16)15-9-20(10-15)17(22)8-13-4-5-13/h2-3,6-7,11,13,15H,4-5,8-10H2,1H3. The van der Waals surface area contributed by atoms with Crippen molar-refractivity contribution in [1.29, 1.82) is 0 Å². The van der Waals surface area contributed by atoms with Crippen molar-refractivity contribution >= 4 is 5.91 Å². The smallest absolute Gasteiger partial charge is 0.222 e. The molecule has 0 spiro atoms. The number of aromatic nitrogens is 3. The highest BCUT2D eigenvalue weighted by molar-refractivity contribution is 5.77. The molecule has 2 fully saturated rings. The van der Waals surface area contributed by atoms with Gasteiger partial charge < -0.3 is 4.90 Å². The lowest BCUT2D eigenvalue weighted by Gasteiger charge is -2.39. The molecule has 0 unspecified atom stereocenters. The minimum atomic E-state index is 0.273. The topological polar surface area (TPSA) is 51.0 Å². The molecule has 2 heterocycles. The molecular weight excluding hydrogens is 276 g/mol. The van der Waals surface area contributed by atoms with Crippen LogP contribution in [-0.2, 0) is 4.79 Å². The summed E-state index contributed by atoms with van der Waals surface area (Å²) in [7, 11) is 0. The second-order valence-electron chi connectivity index (χ2n) is 6.55. The van der Waals surface area contributed by atoms with Crippen LogP contribution in [0.3, 0.4) is 0 Å². The van der Waals surface area contributed by atoms with Crippen molar-refractivity contribution in [3.63, 3.8) is 0 Å². The largest absolute Gasteiger partial charge is 0.338 e. The average Bonchev–Trinajstić information content (AvgIpc) is 3.13. The van der Waals surface area contributed by atoms with Crippen LogP contribution >= 0.6 is 0 Å². The third kappa shape index (κ3) is 2.63. The van der Waals surface area contributed by atoms with E-state index in [-0.39, 0.29) is 6.04 Å². The lowest BCUT2D eigenvalue weighted by atomic mass is 10.1. The highest BCUT2D eigenvalue weighted by Crippen LogP contribution is 2.34. The Morgan fingerprint density at radius 1 is 1.23 bits per heavy atom. The van der Waals surface area contributed by atoms with Gasteiger partial charge in [-0.2, -0.15) is 0 Å². The maximum absolute atomic E-state index is 12.0. The van der Waals surface area contributed by atoms with Gasteiger partial charge in [0.15, 0.2) is 0 Å². The summed E-state index contributed by atoms with van der Waals surface area (Å²) < 4.78 is 1.90. The number of aryl methyl sites for hydroxylation is 1. The lowest BCUT2D eigenvalue weighted by molar-refractivity contribution is -0.137. The summed E-state index contributed by atoms with van der Waals surface area (Å²) in [6, 6.07) is 8.56. The van der Waals surface area contributed by atoms with Crippen LogP contribution in [-0.4, -0.2) is 38.9 Å². The Hall–Kier alpha value is -2.17. The first-order chi connectivity index (χ1) is 10.7. The van der Waals surface area contributed by atoms with E-state index in [9.17, 15) is 4.79 Å². The summed E-state index contributed by atoms with van der Waals surface area (Å²) in [5.41, 5.74) is 3.21. The van der Waals surface area contributed by atoms with Crippen LogP contribution in [0.15, 0.2) is 30.5 Å². The quantitative estimate of drug-likeness (QED) is 0.870. The van der Waals surface area contributed by atoms with Crippen molar-refractivity contribution < 1.29 is 4.79 Å². The van der Waals surface area contributed by atoms with Gasteiger partial charge in [0, 0.05) is 25.1 Å². The molecule has 4 rings (SSSR count). The van der Waals surface area contributed by atoms with Crippen molar-refractivity contribution in [2.75, 3.05) is 13.1 Å². The maximum Gasteiger partial charge on any atom is 0.222 e. The van der Waals surface area contributed by atoms with Gasteiger partial charge in [-0.05, 0) is 25.7 Å². The van der Waals surface area contributed by atoms with E-state index in [0.29, 0.717) is 11.8 Å². The molecule has 22 heavy (non-hydrogen) atoms. The van der Waals surface area contributed by atoms with Crippen molar-refractivity contribution in [2.45, 2.75) is 32.2 Å². The third-order valence-electron chi connectivity index (χ3n) is 4.61. The average molecular weight is 296 g/mol. The highest BCUT2D eigenvalue weighted by Gasteiger charge is 2.35. The second kappa shape index (κ2) is 5.23. The summed E-state index contributed by atoms with van der Waals surface area (Å²) in [6.45, 7) is 3.60. The maximum atomic E-state index is 12.0. The highest BCUT2D eigenvalue weighted by atomic mass is 16.2. The minimum absolute atomic E-state index is 0.273. The van der Waals surface area contributed by atoms with Gasteiger partial charge in [0.2, 0.25) is 5.91 Å². The predicted octanol–water partition coefficient (Wildman–Crippen LogP) is 2.44. The summed E-state index contributed by atoms with van der Waals surface area (Å²) in [5.74, 6) is 0.962. The summed E-state index contributed by atoms with van der Waals surface area (Å²) in [6.07, 6.45) is 5.18. The first-order valence-corrected chi connectivity index (χ1v) is 7.96. The summed E-state index contributed by atoms with van der Waals surface area (Å²) >= 11 is 0. The molecule has 0 bridgehead atoms. The Labute approximate surface area is 129 Å². The number of benzene rings is 1. The molecule has 5 nitrogen and oxygen atoms in total. The number of carbonyl (C=O) groups is 1. The van der Waals surface area contributed by atoms with E-state index in [0.717, 1.165) is 30.8 Å². The zero-order valence-electron chi connectivity index (χ0n) is 12.8. The molecule has 2 aromatic rings. The molecule has 1 aliphatic carbocycles. The molecule has 1 amide bonds. The van der Waals surface area contributed by atoms with Gasteiger partial charge in [-0.25, -0.2) is 4.68 Å². The SMILES string of the molecule is Cc1ccc(-c2cn(C3CN(C(=O)CC4CC4)C3)nn2)cc1. The van der Waals surface area contributed by atoms with Crippen molar-refractivity contribution in [2.24, 2.45) is 5.92 Å². The van der Waals surface area contributed by atoms with Crippen molar-refractivity contribution in [1.82, 2.24) is 19.9 Å². The van der Waals surface area contributed by atoms with Gasteiger partial charge in [-0.3, -0.25) is 4.79 Å². The number of likely N-dealkylation sites (tertiary alicyclic amines) is 1. The van der Waals surface area contributed by atoms with Crippen LogP contribution in [0, 0.1) is 12.8 Å². The molecule has 5 heteroatoms. The fourth-order valence-corrected chi connectivity index (χ4v) is 2.84. The Morgan fingerprint density at radius 2 is 1.95 bits per heavy atom. The van der Waals surface area contributed by atoms with E-state index in [1.54, 1.807) is 0 Å². The molecule has 1 aliphatic heterocycles. The van der Waals surface area contributed by atoms with Crippen LogP contribution in [0.25, 0.3) is 11.3 Å². The molecule has 0 radical (unpaired) electrons. The number of rotatable bonds is 4. The van der Waals surface area contributed by atoms with Gasteiger partial charge in [0.1, 0.15) is 5.69 Å². The predicted molar refractivity (Wildman–Crippen MR) is 83.2 cm³/mol. The van der Waals surface area contributed by atoms with E-state index in [1.165, 1.54) is 18.4 Å². The lowest BCUT2D eigenvalue weighted by Crippen LogP contribution is -2.51. The minimum Gasteiger partial charge on any atom is -0.338 e. The molecule has 114 valence electrons. The van der Waals surface area contributed by atoms with Crippen LogP contribution in [0.2, 0.25) is 0 Å². The van der Waals surface area contributed by atoms with Gasteiger partial charge in [0.05, 0.1) is 12.2 Å². The molecule has 1 aromatic heterocycles. The Morgan fingerprint density at radius 3 is 2.64 bits per heavy atom. The monoisotopic (exact) mass is 296 g/mol. The second-order valence-corrected chi connectivity index (χ2v) is 6.55. The zero-order chi connectivity index (χ0) is 15.1. The number of hydrogen-bond donors (Lipinski definition) is 0. The van der Waals surface area contributed by atoms with Gasteiger partial charge >= 0.3 is 0 Å². The van der Waals surface area contributed by atoms with Gasteiger partial charge in [0.25, 0.3) is 0 Å². The van der Waals surface area contributed by atoms with E-state index < -0.39 is 0 Å². The summed E-state index contributed by atoms with van der Waals surface area (Å²) in [5, 5.41) is 8.49. The van der Waals surface area contributed by atoms with Crippen LogP contribution in [0.1, 0.15) is 30.9 Å². The van der Waals surface area contributed by atoms with Crippen molar-refractivity contribution in [3.05, 3.63) is 36.0 Å². The summed E-state index contributed by atoms with van der Waals surface area (Å²) in [4.78, 5) is 13.9. The number of carbonyl (C=O) groups excluding carboxylic acids is 1. The first kappa shape index (κ1) is 13.5. The fourth-order valence-electron chi connectivity index (χ4n) is 2.84. The molecule has 1 aromatic carbocycles. The van der Waals surface area contributed by atoms with Gasteiger partial charge in [-0.15, -0.1) is 5.10 Å². The van der Waals surface area contributed by atoms with Crippen LogP contribution in [0.5, 0.6) is 0 Å².